The molecule has 0 radical (unpaired) electrons. The Kier molecular flexibility index (Phi) is 4.66. The second-order valence-corrected chi connectivity index (χ2v) is 8.25. The van der Waals surface area contributed by atoms with Gasteiger partial charge in [0.25, 0.3) is 0 Å². The standard InChI is InChI=1S/C22H14Cl3FN2O/c23-13-4-8-21-17(9-13)20-11-19(12-1-5-15(26)6-2-12)27-28(20)22(29-21)16-7-3-14(24)10-18(16)25/h1-10,20,22H,11H2/t20-,22-/m0/s1. The lowest BCUT2D eigenvalue weighted by Crippen LogP contribution is -2.33. The molecule has 0 fully saturated rings. The maximum Gasteiger partial charge on any atom is 0.215 e. The molecule has 2 atom stereocenters. The first kappa shape index (κ1) is 18.7. The maximum atomic E-state index is 13.4. The Morgan fingerprint density at radius 2 is 1.62 bits per heavy atom. The van der Waals surface area contributed by atoms with Gasteiger partial charge in [0.2, 0.25) is 6.23 Å². The smallest absolute Gasteiger partial charge is 0.215 e. The van der Waals surface area contributed by atoms with Crippen molar-refractivity contribution in [2.75, 3.05) is 0 Å². The predicted molar refractivity (Wildman–Crippen MR) is 113 cm³/mol. The lowest BCUT2D eigenvalue weighted by molar-refractivity contribution is -0.0189. The Bertz CT molecular complexity index is 1130. The van der Waals surface area contributed by atoms with Crippen molar-refractivity contribution in [3.05, 3.63) is 98.2 Å². The van der Waals surface area contributed by atoms with Crippen LogP contribution in [0.15, 0.2) is 65.8 Å². The first-order chi connectivity index (χ1) is 14.0. The van der Waals surface area contributed by atoms with Crippen molar-refractivity contribution in [2.24, 2.45) is 5.10 Å². The zero-order valence-corrected chi connectivity index (χ0v) is 17.2. The van der Waals surface area contributed by atoms with Gasteiger partial charge in [-0.2, -0.15) is 5.10 Å². The third-order valence-corrected chi connectivity index (χ3v) is 5.96. The molecule has 3 nitrogen and oxygen atoms in total. The van der Waals surface area contributed by atoms with Crippen LogP contribution in [0.2, 0.25) is 15.1 Å². The Balaban J connectivity index is 1.62. The van der Waals surface area contributed by atoms with E-state index in [0.29, 0.717) is 21.5 Å². The third-order valence-electron chi connectivity index (χ3n) is 5.16. The number of nitrogens with zero attached hydrogens (tertiary/aromatic N) is 2. The van der Waals surface area contributed by atoms with Crippen molar-refractivity contribution in [2.45, 2.75) is 18.7 Å². The average Bonchev–Trinajstić information content (AvgIpc) is 3.14. The summed E-state index contributed by atoms with van der Waals surface area (Å²) in [6.07, 6.45) is 0.126. The number of ether oxygens (including phenoxy) is 1. The normalized spacial score (nSPS) is 20.0. The molecule has 2 aliphatic heterocycles. The molecule has 0 aliphatic carbocycles. The van der Waals surface area contributed by atoms with Crippen molar-refractivity contribution < 1.29 is 9.13 Å². The van der Waals surface area contributed by atoms with Gasteiger partial charge in [-0.05, 0) is 48.0 Å². The highest BCUT2D eigenvalue weighted by Gasteiger charge is 2.41. The van der Waals surface area contributed by atoms with E-state index in [1.807, 2.05) is 23.2 Å². The highest BCUT2D eigenvalue weighted by Crippen LogP contribution is 2.49. The molecule has 2 aliphatic rings. The first-order valence-corrected chi connectivity index (χ1v) is 10.2. The minimum Gasteiger partial charge on any atom is -0.464 e. The molecule has 0 aromatic heterocycles. The number of hydrogen-bond acceptors (Lipinski definition) is 3. The van der Waals surface area contributed by atoms with Gasteiger partial charge in [0, 0.05) is 27.6 Å². The molecular formula is C22H14Cl3FN2O. The van der Waals surface area contributed by atoms with Crippen LogP contribution in [0.25, 0.3) is 0 Å². The van der Waals surface area contributed by atoms with Crippen LogP contribution in [0.1, 0.15) is 35.4 Å². The second-order valence-electron chi connectivity index (χ2n) is 6.97. The van der Waals surface area contributed by atoms with Crippen LogP contribution in [0.4, 0.5) is 4.39 Å². The van der Waals surface area contributed by atoms with Crippen LogP contribution in [-0.2, 0) is 0 Å². The maximum absolute atomic E-state index is 13.4. The molecule has 7 heteroatoms. The zero-order chi connectivity index (χ0) is 20.1. The SMILES string of the molecule is Fc1ccc(C2=NN3[C@@H](C2)c2cc(Cl)ccc2O[C@H]3c2ccc(Cl)cc2Cl)cc1. The fraction of sp³-hybridized carbons (Fsp3) is 0.136. The van der Waals surface area contributed by atoms with E-state index in [1.165, 1.54) is 12.1 Å². The van der Waals surface area contributed by atoms with Crippen molar-refractivity contribution in [1.82, 2.24) is 5.01 Å². The monoisotopic (exact) mass is 446 g/mol. The molecule has 0 bridgehead atoms. The third kappa shape index (κ3) is 3.35. The van der Waals surface area contributed by atoms with E-state index in [0.717, 1.165) is 28.2 Å². The highest BCUT2D eigenvalue weighted by atomic mass is 35.5. The van der Waals surface area contributed by atoms with Gasteiger partial charge >= 0.3 is 0 Å². The van der Waals surface area contributed by atoms with E-state index in [2.05, 4.69) is 0 Å². The molecule has 5 rings (SSSR count). The molecule has 0 saturated carbocycles. The predicted octanol–water partition coefficient (Wildman–Crippen LogP) is 7.03. The molecule has 0 amide bonds. The summed E-state index contributed by atoms with van der Waals surface area (Å²) >= 11 is 18.8. The molecule has 0 unspecified atom stereocenters. The van der Waals surface area contributed by atoms with Gasteiger partial charge in [-0.3, -0.25) is 0 Å². The summed E-state index contributed by atoms with van der Waals surface area (Å²) in [5, 5.41) is 8.41. The highest BCUT2D eigenvalue weighted by molar-refractivity contribution is 6.35. The molecule has 0 spiro atoms. The van der Waals surface area contributed by atoms with E-state index >= 15 is 0 Å². The molecule has 29 heavy (non-hydrogen) atoms. The largest absolute Gasteiger partial charge is 0.464 e. The summed E-state index contributed by atoms with van der Waals surface area (Å²) in [5.74, 6) is 0.457. The lowest BCUT2D eigenvalue weighted by Gasteiger charge is -2.38. The fourth-order valence-corrected chi connectivity index (χ4v) is 4.46. The van der Waals surface area contributed by atoms with Crippen LogP contribution in [0.3, 0.4) is 0 Å². The minimum absolute atomic E-state index is 0.0748. The Labute approximate surface area is 182 Å². The molecule has 146 valence electrons. The number of hydrogen-bond donors (Lipinski definition) is 0. The summed E-state index contributed by atoms with van der Waals surface area (Å²) < 4.78 is 19.6. The summed E-state index contributed by atoms with van der Waals surface area (Å²) in [6, 6.07) is 17.1. The van der Waals surface area contributed by atoms with E-state index in [-0.39, 0.29) is 11.9 Å². The van der Waals surface area contributed by atoms with Crippen LogP contribution in [0, 0.1) is 5.82 Å². The Hall–Kier alpha value is -2.27. The Morgan fingerprint density at radius 1 is 0.897 bits per heavy atom. The van der Waals surface area contributed by atoms with Crippen molar-refractivity contribution in [3.63, 3.8) is 0 Å². The molecule has 0 N–H and O–H groups in total. The van der Waals surface area contributed by atoms with E-state index in [4.69, 9.17) is 44.6 Å². The lowest BCUT2D eigenvalue weighted by atomic mass is 9.96. The van der Waals surface area contributed by atoms with Gasteiger partial charge in [-0.1, -0.05) is 53.0 Å². The number of benzene rings is 3. The molecule has 3 aromatic carbocycles. The molecule has 3 aromatic rings. The Morgan fingerprint density at radius 3 is 2.38 bits per heavy atom. The summed E-state index contributed by atoms with van der Waals surface area (Å²) in [5.41, 5.74) is 3.44. The number of hydrazone groups is 1. The fourth-order valence-electron chi connectivity index (χ4n) is 3.78. The van der Waals surface area contributed by atoms with Gasteiger partial charge < -0.3 is 4.74 Å². The number of fused-ring (bicyclic) bond motifs is 3. The van der Waals surface area contributed by atoms with Gasteiger partial charge in [0.1, 0.15) is 11.6 Å². The molecular weight excluding hydrogens is 434 g/mol. The second kappa shape index (κ2) is 7.21. The summed E-state index contributed by atoms with van der Waals surface area (Å²) in [7, 11) is 0. The quantitative estimate of drug-likeness (QED) is 0.421. The van der Waals surface area contributed by atoms with Crippen LogP contribution >= 0.6 is 34.8 Å². The van der Waals surface area contributed by atoms with Crippen LogP contribution in [0.5, 0.6) is 5.75 Å². The van der Waals surface area contributed by atoms with Gasteiger partial charge in [-0.15, -0.1) is 0 Å². The van der Waals surface area contributed by atoms with Gasteiger partial charge in [0.05, 0.1) is 16.8 Å². The zero-order valence-electron chi connectivity index (χ0n) is 14.9. The van der Waals surface area contributed by atoms with Crippen LogP contribution in [-0.4, -0.2) is 10.7 Å². The first-order valence-electron chi connectivity index (χ1n) is 9.02. The number of halogens is 4. The van der Waals surface area contributed by atoms with E-state index in [1.54, 1.807) is 30.3 Å². The van der Waals surface area contributed by atoms with Crippen LogP contribution < -0.4 is 4.74 Å². The molecule has 2 heterocycles. The van der Waals surface area contributed by atoms with Gasteiger partial charge in [0.15, 0.2) is 0 Å². The van der Waals surface area contributed by atoms with E-state index < -0.39 is 6.23 Å². The molecule has 0 saturated heterocycles. The van der Waals surface area contributed by atoms with Crippen molar-refractivity contribution >= 4 is 40.5 Å². The van der Waals surface area contributed by atoms with Crippen molar-refractivity contribution in [1.29, 1.82) is 0 Å². The minimum atomic E-state index is -0.517. The summed E-state index contributed by atoms with van der Waals surface area (Å²) in [6.45, 7) is 0. The summed E-state index contributed by atoms with van der Waals surface area (Å²) in [4.78, 5) is 0. The number of rotatable bonds is 2. The topological polar surface area (TPSA) is 24.8 Å². The van der Waals surface area contributed by atoms with Gasteiger partial charge in [-0.25, -0.2) is 9.40 Å². The van der Waals surface area contributed by atoms with E-state index in [9.17, 15) is 4.39 Å². The average molecular weight is 448 g/mol. The van der Waals surface area contributed by atoms with Crippen molar-refractivity contribution in [3.8, 4) is 5.75 Å².